The first-order valence-electron chi connectivity index (χ1n) is 5.21. The maximum atomic E-state index is 11.4. The summed E-state index contributed by atoms with van der Waals surface area (Å²) in [7, 11) is 0. The van der Waals surface area contributed by atoms with Crippen molar-refractivity contribution in [3.63, 3.8) is 0 Å². The first kappa shape index (κ1) is 11.7. The zero-order valence-corrected chi connectivity index (χ0v) is 9.53. The predicted octanol–water partition coefficient (Wildman–Crippen LogP) is 0.749. The number of hydrogen-bond acceptors (Lipinski definition) is 3. The number of carbonyl (C=O) groups is 1. The van der Waals surface area contributed by atoms with Crippen LogP contribution in [-0.2, 0) is 11.3 Å². The van der Waals surface area contributed by atoms with Gasteiger partial charge in [0.05, 0.1) is 11.9 Å². The molecule has 1 amide bonds. The zero-order valence-electron chi connectivity index (χ0n) is 9.53. The van der Waals surface area contributed by atoms with Gasteiger partial charge in [0.25, 0.3) is 0 Å². The zero-order chi connectivity index (χ0) is 11.3. The molecule has 0 aromatic carbocycles. The summed E-state index contributed by atoms with van der Waals surface area (Å²) in [6, 6.07) is 0. The van der Waals surface area contributed by atoms with E-state index in [0.29, 0.717) is 5.92 Å². The Balaban J connectivity index is 2.28. The third kappa shape index (κ3) is 4.10. The van der Waals surface area contributed by atoms with E-state index in [1.807, 2.05) is 6.92 Å². The average molecular weight is 210 g/mol. The molecule has 0 fully saturated rings. The summed E-state index contributed by atoms with van der Waals surface area (Å²) in [6.07, 6.45) is 2.64. The smallest absolute Gasteiger partial charge is 0.241 e. The lowest BCUT2D eigenvalue weighted by molar-refractivity contribution is -0.121. The molecule has 0 unspecified atom stereocenters. The first-order chi connectivity index (χ1) is 7.09. The van der Waals surface area contributed by atoms with Crippen LogP contribution in [-0.4, -0.2) is 27.4 Å². The number of hydrogen-bond donors (Lipinski definition) is 1. The minimum atomic E-state index is -0.00995. The highest BCUT2D eigenvalue weighted by molar-refractivity contribution is 5.75. The minimum Gasteiger partial charge on any atom is -0.354 e. The standard InChI is InChI=1S/C10H18N4O/c1-8(2)4-5-11-10(15)7-14-9(3)6-12-13-14/h6,8H,4-5,7H2,1-3H3,(H,11,15). The van der Waals surface area contributed by atoms with Gasteiger partial charge in [-0.3, -0.25) is 4.79 Å². The Labute approximate surface area is 89.9 Å². The lowest BCUT2D eigenvalue weighted by Gasteiger charge is -2.07. The van der Waals surface area contributed by atoms with E-state index in [9.17, 15) is 4.79 Å². The molecule has 0 aliphatic carbocycles. The molecule has 0 saturated carbocycles. The Morgan fingerprint density at radius 1 is 1.60 bits per heavy atom. The molecule has 84 valence electrons. The summed E-state index contributed by atoms with van der Waals surface area (Å²) in [4.78, 5) is 11.4. The molecular formula is C10H18N4O. The highest BCUT2D eigenvalue weighted by Crippen LogP contribution is 1.96. The van der Waals surface area contributed by atoms with Gasteiger partial charge in [-0.2, -0.15) is 0 Å². The van der Waals surface area contributed by atoms with Crippen LogP contribution in [0.2, 0.25) is 0 Å². The molecule has 15 heavy (non-hydrogen) atoms. The van der Waals surface area contributed by atoms with Crippen molar-refractivity contribution in [1.82, 2.24) is 20.3 Å². The summed E-state index contributed by atoms with van der Waals surface area (Å²) in [6.45, 7) is 7.12. The van der Waals surface area contributed by atoms with Gasteiger partial charge in [0.2, 0.25) is 5.91 Å². The van der Waals surface area contributed by atoms with Crippen molar-refractivity contribution in [3.05, 3.63) is 11.9 Å². The van der Waals surface area contributed by atoms with Crippen LogP contribution >= 0.6 is 0 Å². The van der Waals surface area contributed by atoms with Crippen LogP contribution in [0.1, 0.15) is 26.0 Å². The molecule has 0 atom stereocenters. The number of carbonyl (C=O) groups excluding carboxylic acids is 1. The predicted molar refractivity (Wildman–Crippen MR) is 57.2 cm³/mol. The van der Waals surface area contributed by atoms with Gasteiger partial charge < -0.3 is 5.32 Å². The molecular weight excluding hydrogens is 192 g/mol. The van der Waals surface area contributed by atoms with Gasteiger partial charge in [-0.1, -0.05) is 19.1 Å². The maximum absolute atomic E-state index is 11.4. The van der Waals surface area contributed by atoms with Crippen LogP contribution in [0.3, 0.4) is 0 Å². The van der Waals surface area contributed by atoms with E-state index < -0.39 is 0 Å². The second-order valence-corrected chi connectivity index (χ2v) is 4.07. The van der Waals surface area contributed by atoms with Gasteiger partial charge in [0.1, 0.15) is 6.54 Å². The van der Waals surface area contributed by atoms with E-state index in [-0.39, 0.29) is 12.5 Å². The molecule has 0 aliphatic rings. The monoisotopic (exact) mass is 210 g/mol. The highest BCUT2D eigenvalue weighted by atomic mass is 16.2. The molecule has 1 rings (SSSR count). The number of rotatable bonds is 5. The Morgan fingerprint density at radius 2 is 2.33 bits per heavy atom. The van der Waals surface area contributed by atoms with E-state index in [0.717, 1.165) is 18.7 Å². The van der Waals surface area contributed by atoms with Crippen molar-refractivity contribution >= 4 is 5.91 Å². The summed E-state index contributed by atoms with van der Waals surface area (Å²) in [5.74, 6) is 0.600. The quantitative estimate of drug-likeness (QED) is 0.780. The summed E-state index contributed by atoms with van der Waals surface area (Å²) in [5, 5.41) is 10.4. The highest BCUT2D eigenvalue weighted by Gasteiger charge is 2.05. The minimum absolute atomic E-state index is 0.00995. The van der Waals surface area contributed by atoms with Crippen molar-refractivity contribution in [1.29, 1.82) is 0 Å². The Morgan fingerprint density at radius 3 is 2.87 bits per heavy atom. The van der Waals surface area contributed by atoms with Gasteiger partial charge >= 0.3 is 0 Å². The molecule has 1 aromatic heterocycles. The summed E-state index contributed by atoms with van der Waals surface area (Å²) < 4.78 is 1.59. The van der Waals surface area contributed by atoms with Crippen LogP contribution in [0.4, 0.5) is 0 Å². The molecule has 0 saturated heterocycles. The molecule has 0 spiro atoms. The molecule has 0 radical (unpaired) electrons. The van der Waals surface area contributed by atoms with Crippen molar-refractivity contribution < 1.29 is 4.79 Å². The number of amides is 1. The van der Waals surface area contributed by atoms with Gasteiger partial charge in [0, 0.05) is 6.54 Å². The van der Waals surface area contributed by atoms with Gasteiger partial charge in [0.15, 0.2) is 0 Å². The third-order valence-corrected chi connectivity index (χ3v) is 2.15. The van der Waals surface area contributed by atoms with Crippen LogP contribution in [0, 0.1) is 12.8 Å². The van der Waals surface area contributed by atoms with Gasteiger partial charge in [-0.15, -0.1) is 5.10 Å². The molecule has 1 aromatic rings. The molecule has 0 bridgehead atoms. The van der Waals surface area contributed by atoms with Crippen molar-refractivity contribution in [3.8, 4) is 0 Å². The topological polar surface area (TPSA) is 59.8 Å². The molecule has 1 heterocycles. The average Bonchev–Trinajstić information content (AvgIpc) is 2.51. The SMILES string of the molecule is Cc1cnnn1CC(=O)NCCC(C)C. The van der Waals surface area contributed by atoms with E-state index in [4.69, 9.17) is 0 Å². The van der Waals surface area contributed by atoms with Crippen LogP contribution in [0.25, 0.3) is 0 Å². The van der Waals surface area contributed by atoms with E-state index >= 15 is 0 Å². The van der Waals surface area contributed by atoms with Crippen molar-refractivity contribution in [2.24, 2.45) is 5.92 Å². The van der Waals surface area contributed by atoms with E-state index in [1.165, 1.54) is 0 Å². The molecule has 0 aliphatic heterocycles. The fraction of sp³-hybridized carbons (Fsp3) is 0.700. The second kappa shape index (κ2) is 5.48. The van der Waals surface area contributed by atoms with Crippen LogP contribution in [0.5, 0.6) is 0 Å². The normalized spacial score (nSPS) is 10.7. The van der Waals surface area contributed by atoms with Crippen molar-refractivity contribution in [2.75, 3.05) is 6.54 Å². The Kier molecular flexibility index (Phi) is 4.27. The Hall–Kier alpha value is -1.39. The van der Waals surface area contributed by atoms with Crippen LogP contribution < -0.4 is 5.32 Å². The van der Waals surface area contributed by atoms with E-state index in [1.54, 1.807) is 10.9 Å². The molecule has 5 heteroatoms. The summed E-state index contributed by atoms with van der Waals surface area (Å²) in [5.41, 5.74) is 0.897. The van der Waals surface area contributed by atoms with Crippen LogP contribution in [0.15, 0.2) is 6.20 Å². The maximum Gasteiger partial charge on any atom is 0.241 e. The number of nitrogens with zero attached hydrogens (tertiary/aromatic N) is 3. The van der Waals surface area contributed by atoms with E-state index in [2.05, 4.69) is 29.5 Å². The van der Waals surface area contributed by atoms with Crippen molar-refractivity contribution in [2.45, 2.75) is 33.7 Å². The van der Waals surface area contributed by atoms with Gasteiger partial charge in [-0.25, -0.2) is 4.68 Å². The molecule has 5 nitrogen and oxygen atoms in total. The number of aryl methyl sites for hydroxylation is 1. The first-order valence-corrected chi connectivity index (χ1v) is 5.21. The van der Waals surface area contributed by atoms with Gasteiger partial charge in [-0.05, 0) is 19.3 Å². The second-order valence-electron chi connectivity index (χ2n) is 4.07. The third-order valence-electron chi connectivity index (χ3n) is 2.15. The fourth-order valence-electron chi connectivity index (χ4n) is 1.16. The number of aromatic nitrogens is 3. The Bertz CT molecular complexity index is 319. The summed E-state index contributed by atoms with van der Waals surface area (Å²) >= 11 is 0. The number of nitrogens with one attached hydrogen (secondary N) is 1. The fourth-order valence-corrected chi connectivity index (χ4v) is 1.16. The lowest BCUT2D eigenvalue weighted by Crippen LogP contribution is -2.29. The largest absolute Gasteiger partial charge is 0.354 e. The lowest BCUT2D eigenvalue weighted by atomic mass is 10.1. The molecule has 1 N–H and O–H groups in total.